The number of benzene rings is 1. The molecule has 92 valence electrons. The highest BCUT2D eigenvalue weighted by molar-refractivity contribution is 8.13. The maximum Gasteiger partial charge on any atom is 0.253 e. The van der Waals surface area contributed by atoms with E-state index in [-0.39, 0.29) is 11.7 Å². The van der Waals surface area contributed by atoms with E-state index in [1.165, 1.54) is 5.06 Å². The van der Waals surface area contributed by atoms with Crippen molar-refractivity contribution in [1.82, 2.24) is 0 Å². The lowest BCUT2D eigenvalue weighted by molar-refractivity contribution is -0.119. The maximum atomic E-state index is 11.4. The fourth-order valence-electron chi connectivity index (χ4n) is 1.59. The minimum Gasteiger partial charge on any atom is -0.272 e. The van der Waals surface area contributed by atoms with Crippen LogP contribution in [0.15, 0.2) is 24.3 Å². The molecule has 1 aromatic rings. The standard InChI is InChI=1S/C10H10ClNO4S/c11-17(14,15)7-8-2-1-3-9(6-8)12-10(13)4-5-16-12/h1-3,6H,4-5,7H2. The first kappa shape index (κ1) is 12.3. The summed E-state index contributed by atoms with van der Waals surface area (Å²) in [5.74, 6) is -0.416. The summed E-state index contributed by atoms with van der Waals surface area (Å²) in [5.41, 5.74) is 1.03. The number of carbonyl (C=O) groups excluding carboxylic acids is 1. The van der Waals surface area contributed by atoms with Gasteiger partial charge < -0.3 is 0 Å². The van der Waals surface area contributed by atoms with E-state index >= 15 is 0 Å². The van der Waals surface area contributed by atoms with E-state index in [1.54, 1.807) is 24.3 Å². The highest BCUT2D eigenvalue weighted by atomic mass is 35.7. The van der Waals surface area contributed by atoms with Crippen LogP contribution in [-0.4, -0.2) is 20.9 Å². The Hall–Kier alpha value is -1.11. The molecular weight excluding hydrogens is 266 g/mol. The van der Waals surface area contributed by atoms with Gasteiger partial charge in [-0.1, -0.05) is 12.1 Å². The number of nitrogens with zero attached hydrogens (tertiary/aromatic N) is 1. The van der Waals surface area contributed by atoms with E-state index in [2.05, 4.69) is 0 Å². The van der Waals surface area contributed by atoms with Gasteiger partial charge in [0.25, 0.3) is 5.91 Å². The topological polar surface area (TPSA) is 63.7 Å². The number of amides is 1. The smallest absolute Gasteiger partial charge is 0.253 e. The van der Waals surface area contributed by atoms with E-state index in [0.29, 0.717) is 24.3 Å². The molecule has 0 N–H and O–H groups in total. The third-order valence-electron chi connectivity index (χ3n) is 2.25. The lowest BCUT2D eigenvalue weighted by atomic mass is 10.2. The van der Waals surface area contributed by atoms with Gasteiger partial charge in [0.05, 0.1) is 24.5 Å². The zero-order valence-electron chi connectivity index (χ0n) is 8.80. The molecule has 1 aliphatic heterocycles. The average Bonchev–Trinajstić information content (AvgIpc) is 2.62. The second-order valence-corrected chi connectivity index (χ2v) is 6.40. The first-order valence-electron chi connectivity index (χ1n) is 4.93. The van der Waals surface area contributed by atoms with Crippen molar-refractivity contribution >= 4 is 31.3 Å². The van der Waals surface area contributed by atoms with Gasteiger partial charge in [-0.05, 0) is 17.7 Å². The van der Waals surface area contributed by atoms with Crippen molar-refractivity contribution in [2.24, 2.45) is 0 Å². The zero-order valence-corrected chi connectivity index (χ0v) is 10.4. The third-order valence-corrected chi connectivity index (χ3v) is 3.25. The highest BCUT2D eigenvalue weighted by Crippen LogP contribution is 2.22. The molecule has 5 nitrogen and oxygen atoms in total. The van der Waals surface area contributed by atoms with Crippen molar-refractivity contribution < 1.29 is 18.0 Å². The van der Waals surface area contributed by atoms with Crippen LogP contribution in [0.2, 0.25) is 0 Å². The molecule has 0 aliphatic carbocycles. The molecular formula is C10H10ClNO4S. The van der Waals surface area contributed by atoms with E-state index in [4.69, 9.17) is 15.5 Å². The zero-order chi connectivity index (χ0) is 12.5. The lowest BCUT2D eigenvalue weighted by Gasteiger charge is -2.14. The highest BCUT2D eigenvalue weighted by Gasteiger charge is 2.23. The number of carbonyl (C=O) groups is 1. The quantitative estimate of drug-likeness (QED) is 0.783. The predicted octanol–water partition coefficient (Wildman–Crippen LogP) is 1.42. The Labute approximate surface area is 103 Å². The van der Waals surface area contributed by atoms with Gasteiger partial charge >= 0.3 is 0 Å². The molecule has 0 aromatic heterocycles. The van der Waals surface area contributed by atoms with Crippen molar-refractivity contribution in [2.45, 2.75) is 12.2 Å². The summed E-state index contributed by atoms with van der Waals surface area (Å²) in [5, 5.41) is 1.17. The molecule has 0 radical (unpaired) electrons. The number of hydroxylamine groups is 1. The van der Waals surface area contributed by atoms with Gasteiger partial charge in [-0.25, -0.2) is 8.42 Å². The van der Waals surface area contributed by atoms with E-state index in [0.717, 1.165) is 0 Å². The Morgan fingerprint density at radius 1 is 1.41 bits per heavy atom. The second-order valence-electron chi connectivity index (χ2n) is 3.62. The van der Waals surface area contributed by atoms with Crippen LogP contribution in [0.3, 0.4) is 0 Å². The Balaban J connectivity index is 2.25. The van der Waals surface area contributed by atoms with Crippen LogP contribution in [0.5, 0.6) is 0 Å². The number of hydrogen-bond acceptors (Lipinski definition) is 4. The monoisotopic (exact) mass is 275 g/mol. The van der Waals surface area contributed by atoms with E-state index in [1.807, 2.05) is 0 Å². The molecule has 1 fully saturated rings. The van der Waals surface area contributed by atoms with Crippen molar-refractivity contribution in [3.8, 4) is 0 Å². The van der Waals surface area contributed by atoms with Crippen molar-refractivity contribution in [2.75, 3.05) is 11.7 Å². The lowest BCUT2D eigenvalue weighted by Crippen LogP contribution is -2.22. The van der Waals surface area contributed by atoms with Gasteiger partial charge in [0.15, 0.2) is 0 Å². The Morgan fingerprint density at radius 3 is 2.76 bits per heavy atom. The van der Waals surface area contributed by atoms with Gasteiger partial charge in [0.1, 0.15) is 0 Å². The molecule has 0 saturated carbocycles. The van der Waals surface area contributed by atoms with Crippen LogP contribution >= 0.6 is 10.7 Å². The van der Waals surface area contributed by atoms with Crippen LogP contribution in [-0.2, 0) is 24.4 Å². The normalized spacial score (nSPS) is 16.5. The van der Waals surface area contributed by atoms with Gasteiger partial charge in [-0.2, -0.15) is 5.06 Å². The molecule has 1 amide bonds. The fourth-order valence-corrected chi connectivity index (χ4v) is 2.54. The van der Waals surface area contributed by atoms with Crippen LogP contribution < -0.4 is 5.06 Å². The van der Waals surface area contributed by atoms with Gasteiger partial charge in [0.2, 0.25) is 9.05 Å². The van der Waals surface area contributed by atoms with Gasteiger partial charge in [-0.15, -0.1) is 0 Å². The Kier molecular flexibility index (Phi) is 3.37. The molecule has 7 heteroatoms. The minimum absolute atomic E-state index is 0.143. The summed E-state index contributed by atoms with van der Waals surface area (Å²) in [4.78, 5) is 16.6. The SMILES string of the molecule is O=C1CCON1c1cccc(CS(=O)(=O)Cl)c1. The molecule has 0 bridgehead atoms. The number of hydrogen-bond donors (Lipinski definition) is 0. The molecule has 0 spiro atoms. The number of rotatable bonds is 3. The van der Waals surface area contributed by atoms with Crippen LogP contribution in [0.1, 0.15) is 12.0 Å². The molecule has 0 unspecified atom stereocenters. The first-order valence-corrected chi connectivity index (χ1v) is 7.41. The molecule has 1 saturated heterocycles. The van der Waals surface area contributed by atoms with E-state index in [9.17, 15) is 13.2 Å². The molecule has 17 heavy (non-hydrogen) atoms. The maximum absolute atomic E-state index is 11.4. The predicted molar refractivity (Wildman–Crippen MR) is 63.0 cm³/mol. The van der Waals surface area contributed by atoms with E-state index < -0.39 is 9.05 Å². The summed E-state index contributed by atoms with van der Waals surface area (Å²) in [6.45, 7) is 0.344. The first-order chi connectivity index (χ1) is 7.96. The second kappa shape index (κ2) is 4.64. The molecule has 1 aromatic carbocycles. The Bertz CT molecular complexity index is 543. The number of halogens is 1. The minimum atomic E-state index is -3.60. The molecule has 2 rings (SSSR count). The fraction of sp³-hybridized carbons (Fsp3) is 0.300. The Morgan fingerprint density at radius 2 is 2.18 bits per heavy atom. The van der Waals surface area contributed by atoms with Crippen molar-refractivity contribution in [3.63, 3.8) is 0 Å². The largest absolute Gasteiger partial charge is 0.272 e. The summed E-state index contributed by atoms with van der Waals surface area (Å²) in [6.07, 6.45) is 0.331. The number of anilines is 1. The van der Waals surface area contributed by atoms with Crippen LogP contribution in [0.4, 0.5) is 5.69 Å². The summed E-state index contributed by atoms with van der Waals surface area (Å²) >= 11 is 0. The summed E-state index contributed by atoms with van der Waals surface area (Å²) in [7, 11) is 1.57. The van der Waals surface area contributed by atoms with Gasteiger partial charge in [0, 0.05) is 10.7 Å². The average molecular weight is 276 g/mol. The summed E-state index contributed by atoms with van der Waals surface area (Å²) < 4.78 is 21.9. The van der Waals surface area contributed by atoms with Crippen LogP contribution in [0, 0.1) is 0 Å². The van der Waals surface area contributed by atoms with Crippen LogP contribution in [0.25, 0.3) is 0 Å². The third kappa shape index (κ3) is 3.18. The molecule has 0 atom stereocenters. The van der Waals surface area contributed by atoms with Gasteiger partial charge in [-0.3, -0.25) is 9.63 Å². The molecule has 1 aliphatic rings. The van der Waals surface area contributed by atoms with Crippen molar-refractivity contribution in [1.29, 1.82) is 0 Å². The molecule has 1 heterocycles. The summed E-state index contributed by atoms with van der Waals surface area (Å²) in [6, 6.07) is 6.53. The van der Waals surface area contributed by atoms with Crippen molar-refractivity contribution in [3.05, 3.63) is 29.8 Å².